The molecule has 1 unspecified atom stereocenters. The van der Waals surface area contributed by atoms with Gasteiger partial charge in [0.1, 0.15) is 11.4 Å². The van der Waals surface area contributed by atoms with Crippen LogP contribution in [0.25, 0.3) is 6.08 Å². The molecule has 1 saturated heterocycles. The number of anilines is 2. The summed E-state index contributed by atoms with van der Waals surface area (Å²) in [6, 6.07) is 29.7. The number of thioether (sulfide) groups is 1. The van der Waals surface area contributed by atoms with E-state index in [0.29, 0.717) is 22.7 Å². The molecule has 0 spiro atoms. The zero-order valence-electron chi connectivity index (χ0n) is 23.0. The molecule has 1 heterocycles. The highest BCUT2D eigenvalue weighted by molar-refractivity contribution is 9.10. The second kappa shape index (κ2) is 13.5. The Morgan fingerprint density at radius 1 is 0.907 bits per heavy atom. The van der Waals surface area contributed by atoms with Crippen LogP contribution in [0.4, 0.5) is 11.4 Å². The van der Waals surface area contributed by atoms with Crippen molar-refractivity contribution in [2.45, 2.75) is 16.6 Å². The molecule has 10 heteroatoms. The predicted molar refractivity (Wildman–Crippen MR) is 171 cm³/mol. The van der Waals surface area contributed by atoms with E-state index in [9.17, 15) is 19.2 Å². The van der Waals surface area contributed by atoms with Crippen LogP contribution in [0, 0.1) is 0 Å². The Morgan fingerprint density at radius 3 is 2.23 bits per heavy atom. The Hall–Kier alpha value is -4.67. The molecule has 0 bridgehead atoms. The van der Waals surface area contributed by atoms with Crippen LogP contribution in [-0.4, -0.2) is 36.0 Å². The third-order valence-electron chi connectivity index (χ3n) is 6.54. The number of imide groups is 1. The topological polar surface area (TPSA) is 105 Å². The van der Waals surface area contributed by atoms with Gasteiger partial charge in [0.25, 0.3) is 11.8 Å². The number of methoxy groups -OCH3 is 1. The van der Waals surface area contributed by atoms with Gasteiger partial charge in [0.2, 0.25) is 11.8 Å². The molecule has 0 aliphatic carbocycles. The highest BCUT2D eigenvalue weighted by atomic mass is 79.9. The van der Waals surface area contributed by atoms with Crippen LogP contribution in [-0.2, 0) is 14.4 Å². The molecule has 1 aliphatic rings. The summed E-state index contributed by atoms with van der Waals surface area (Å²) >= 11 is 4.69. The average Bonchev–Trinajstić information content (AvgIpc) is 3.30. The first-order valence-electron chi connectivity index (χ1n) is 13.2. The number of hydrogen-bond donors (Lipinski definition) is 2. The third kappa shape index (κ3) is 7.40. The Kier molecular flexibility index (Phi) is 9.38. The number of halogens is 1. The number of nitrogens with zero attached hydrogens (tertiary/aromatic N) is 1. The number of ether oxygens (including phenoxy) is 1. The van der Waals surface area contributed by atoms with Gasteiger partial charge in [0.15, 0.2) is 0 Å². The zero-order chi connectivity index (χ0) is 30.3. The van der Waals surface area contributed by atoms with Crippen molar-refractivity contribution in [2.75, 3.05) is 17.3 Å². The lowest BCUT2D eigenvalue weighted by molar-refractivity contribution is -0.121. The van der Waals surface area contributed by atoms with E-state index in [-0.39, 0.29) is 23.9 Å². The SMILES string of the molecule is COc1ccc(N2C(=O)CC(Sc3ccc(NC(=O)/C(=C/c4ccc(Br)cc4)NC(=O)c4ccccc4)cc3)C2=O)cc1. The van der Waals surface area contributed by atoms with Crippen molar-refractivity contribution in [1.82, 2.24) is 5.32 Å². The van der Waals surface area contributed by atoms with Crippen molar-refractivity contribution in [1.29, 1.82) is 0 Å². The number of benzene rings is 4. The molecule has 43 heavy (non-hydrogen) atoms. The van der Waals surface area contributed by atoms with E-state index in [1.807, 2.05) is 24.3 Å². The van der Waals surface area contributed by atoms with Crippen molar-refractivity contribution in [3.8, 4) is 5.75 Å². The van der Waals surface area contributed by atoms with E-state index in [1.54, 1.807) is 92.0 Å². The summed E-state index contributed by atoms with van der Waals surface area (Å²) in [5.74, 6) is -0.825. The molecule has 1 aliphatic heterocycles. The fourth-order valence-corrected chi connectivity index (χ4v) is 5.66. The lowest BCUT2D eigenvalue weighted by atomic mass is 10.1. The predicted octanol–water partition coefficient (Wildman–Crippen LogP) is 6.29. The largest absolute Gasteiger partial charge is 0.497 e. The van der Waals surface area contributed by atoms with Gasteiger partial charge in [-0.15, -0.1) is 11.8 Å². The van der Waals surface area contributed by atoms with E-state index < -0.39 is 17.1 Å². The van der Waals surface area contributed by atoms with E-state index in [2.05, 4.69) is 26.6 Å². The van der Waals surface area contributed by atoms with Gasteiger partial charge >= 0.3 is 0 Å². The number of carbonyl (C=O) groups excluding carboxylic acids is 4. The third-order valence-corrected chi connectivity index (χ3v) is 8.26. The second-order valence-corrected chi connectivity index (χ2v) is 11.7. The first kappa shape index (κ1) is 29.8. The molecule has 8 nitrogen and oxygen atoms in total. The summed E-state index contributed by atoms with van der Waals surface area (Å²) in [5, 5.41) is 4.98. The van der Waals surface area contributed by atoms with E-state index >= 15 is 0 Å². The highest BCUT2D eigenvalue weighted by Gasteiger charge is 2.40. The summed E-state index contributed by atoms with van der Waals surface area (Å²) in [6.45, 7) is 0. The van der Waals surface area contributed by atoms with Gasteiger partial charge in [-0.3, -0.25) is 19.2 Å². The van der Waals surface area contributed by atoms with Crippen LogP contribution in [0.3, 0.4) is 0 Å². The van der Waals surface area contributed by atoms with Gasteiger partial charge in [0, 0.05) is 27.0 Å². The minimum absolute atomic E-state index is 0.0725. The number of amides is 4. The summed E-state index contributed by atoms with van der Waals surface area (Å²) in [5.41, 5.74) is 2.22. The van der Waals surface area contributed by atoms with Crippen molar-refractivity contribution >= 4 is 68.8 Å². The molecule has 0 radical (unpaired) electrons. The standard InChI is InChI=1S/C33H26BrN3O5S/c1-42-26-15-13-25(14-16-26)37-30(38)20-29(33(37)41)43-27-17-11-24(12-18-27)35-32(40)28(19-21-7-9-23(34)10-8-21)36-31(39)22-5-3-2-4-6-22/h2-19,29H,20H2,1H3,(H,35,40)(H,36,39)/b28-19-. The van der Waals surface area contributed by atoms with Crippen molar-refractivity contribution in [2.24, 2.45) is 0 Å². The Bertz CT molecular complexity index is 1670. The monoisotopic (exact) mass is 655 g/mol. The molecular formula is C33H26BrN3O5S. The molecule has 0 aromatic heterocycles. The maximum atomic E-state index is 13.3. The lowest BCUT2D eigenvalue weighted by Crippen LogP contribution is -2.31. The molecule has 4 aromatic carbocycles. The minimum atomic E-state index is -0.566. The van der Waals surface area contributed by atoms with Crippen LogP contribution in [0.1, 0.15) is 22.3 Å². The van der Waals surface area contributed by atoms with Crippen LogP contribution in [0.5, 0.6) is 5.75 Å². The maximum Gasteiger partial charge on any atom is 0.272 e. The summed E-state index contributed by atoms with van der Waals surface area (Å²) in [4.78, 5) is 53.9. The number of nitrogens with one attached hydrogen (secondary N) is 2. The van der Waals surface area contributed by atoms with Crippen LogP contribution in [0.15, 0.2) is 118 Å². The fraction of sp³-hybridized carbons (Fsp3) is 0.0909. The maximum absolute atomic E-state index is 13.3. The van der Waals surface area contributed by atoms with Crippen LogP contribution >= 0.6 is 27.7 Å². The first-order chi connectivity index (χ1) is 20.8. The van der Waals surface area contributed by atoms with E-state index in [0.717, 1.165) is 14.9 Å². The molecule has 2 N–H and O–H groups in total. The first-order valence-corrected chi connectivity index (χ1v) is 14.9. The summed E-state index contributed by atoms with van der Waals surface area (Å²) in [6.07, 6.45) is 1.68. The Morgan fingerprint density at radius 2 is 1.58 bits per heavy atom. The van der Waals surface area contributed by atoms with Crippen LogP contribution in [0.2, 0.25) is 0 Å². The van der Waals surface area contributed by atoms with Gasteiger partial charge in [-0.2, -0.15) is 0 Å². The highest BCUT2D eigenvalue weighted by Crippen LogP contribution is 2.35. The molecule has 4 amide bonds. The smallest absolute Gasteiger partial charge is 0.272 e. The minimum Gasteiger partial charge on any atom is -0.497 e. The normalized spacial score (nSPS) is 14.9. The Labute approximate surface area is 261 Å². The fourth-order valence-electron chi connectivity index (χ4n) is 4.35. The molecule has 1 fully saturated rings. The number of carbonyl (C=O) groups is 4. The molecule has 5 rings (SSSR count). The number of hydrogen-bond acceptors (Lipinski definition) is 6. The second-order valence-electron chi connectivity index (χ2n) is 9.48. The number of rotatable bonds is 9. The van der Waals surface area contributed by atoms with Gasteiger partial charge in [-0.25, -0.2) is 4.90 Å². The molecule has 1 atom stereocenters. The van der Waals surface area contributed by atoms with Crippen molar-refractivity contribution in [3.63, 3.8) is 0 Å². The average molecular weight is 657 g/mol. The van der Waals surface area contributed by atoms with Gasteiger partial charge < -0.3 is 15.4 Å². The van der Waals surface area contributed by atoms with Crippen molar-refractivity contribution in [3.05, 3.63) is 124 Å². The molecule has 216 valence electrons. The van der Waals surface area contributed by atoms with E-state index in [1.165, 1.54) is 16.7 Å². The van der Waals surface area contributed by atoms with Gasteiger partial charge in [-0.1, -0.05) is 46.3 Å². The van der Waals surface area contributed by atoms with Crippen molar-refractivity contribution < 1.29 is 23.9 Å². The summed E-state index contributed by atoms with van der Waals surface area (Å²) < 4.78 is 6.04. The zero-order valence-corrected chi connectivity index (χ0v) is 25.4. The Balaban J connectivity index is 1.27. The van der Waals surface area contributed by atoms with Crippen LogP contribution < -0.4 is 20.3 Å². The molecule has 4 aromatic rings. The van der Waals surface area contributed by atoms with E-state index in [4.69, 9.17) is 4.74 Å². The van der Waals surface area contributed by atoms with Gasteiger partial charge in [0.05, 0.1) is 18.0 Å². The molecular weight excluding hydrogens is 630 g/mol. The lowest BCUT2D eigenvalue weighted by Gasteiger charge is -2.15. The summed E-state index contributed by atoms with van der Waals surface area (Å²) in [7, 11) is 1.55. The van der Waals surface area contributed by atoms with Gasteiger partial charge in [-0.05, 0) is 84.4 Å². The quantitative estimate of drug-likeness (QED) is 0.162. The molecule has 0 saturated carbocycles.